The maximum atomic E-state index is 11.0. The van der Waals surface area contributed by atoms with Crippen molar-refractivity contribution in [2.45, 2.75) is 20.4 Å². The second-order valence-corrected chi connectivity index (χ2v) is 4.59. The molecule has 1 aromatic carbocycles. The molecule has 0 spiro atoms. The molecule has 0 N–H and O–H groups in total. The molecule has 3 nitrogen and oxygen atoms in total. The van der Waals surface area contributed by atoms with Gasteiger partial charge >= 0.3 is 0 Å². The van der Waals surface area contributed by atoms with Crippen LogP contribution in [0.25, 0.3) is 10.9 Å². The van der Waals surface area contributed by atoms with Crippen LogP contribution in [0.3, 0.4) is 0 Å². The van der Waals surface area contributed by atoms with Gasteiger partial charge in [0.15, 0.2) is 6.29 Å². The normalized spacial score (nSPS) is 10.7. The van der Waals surface area contributed by atoms with Crippen molar-refractivity contribution in [2.75, 3.05) is 0 Å². The van der Waals surface area contributed by atoms with E-state index in [1.165, 1.54) is 0 Å². The molecule has 0 aliphatic rings. The minimum Gasteiger partial charge on any atom is -0.346 e. The minimum absolute atomic E-state index is 0.515. The van der Waals surface area contributed by atoms with Crippen molar-refractivity contribution in [3.05, 3.63) is 35.5 Å². The van der Waals surface area contributed by atoms with Gasteiger partial charge in [-0.05, 0) is 24.1 Å². The summed E-state index contributed by atoms with van der Waals surface area (Å²) in [5.74, 6) is 0.515. The zero-order chi connectivity index (χ0) is 12.4. The Bertz CT molecular complexity index is 602. The van der Waals surface area contributed by atoms with Crippen LogP contribution >= 0.6 is 0 Å². The van der Waals surface area contributed by atoms with E-state index in [0.717, 1.165) is 23.7 Å². The number of rotatable bonds is 3. The van der Waals surface area contributed by atoms with Gasteiger partial charge in [0.2, 0.25) is 0 Å². The monoisotopic (exact) mass is 226 g/mol. The summed E-state index contributed by atoms with van der Waals surface area (Å²) in [7, 11) is 0. The first-order chi connectivity index (χ1) is 8.15. The summed E-state index contributed by atoms with van der Waals surface area (Å²) < 4.78 is 2.07. The Labute approximate surface area is 100 Å². The molecule has 17 heavy (non-hydrogen) atoms. The Balaban J connectivity index is 2.65. The molecule has 0 amide bonds. The molecule has 1 heterocycles. The molecular weight excluding hydrogens is 212 g/mol. The van der Waals surface area contributed by atoms with Gasteiger partial charge in [-0.1, -0.05) is 13.8 Å². The lowest BCUT2D eigenvalue weighted by Gasteiger charge is -2.07. The molecule has 2 rings (SSSR count). The van der Waals surface area contributed by atoms with Gasteiger partial charge in [0.05, 0.1) is 11.6 Å². The summed E-state index contributed by atoms with van der Waals surface area (Å²) in [5, 5.41) is 9.73. The van der Waals surface area contributed by atoms with Gasteiger partial charge in [-0.15, -0.1) is 0 Å². The maximum Gasteiger partial charge on any atom is 0.152 e. The van der Waals surface area contributed by atoms with Gasteiger partial charge in [0, 0.05) is 29.2 Å². The summed E-state index contributed by atoms with van der Waals surface area (Å²) in [5.41, 5.74) is 2.25. The number of hydrogen-bond donors (Lipinski definition) is 0. The number of fused-ring (bicyclic) bond motifs is 1. The molecule has 3 heteroatoms. The average Bonchev–Trinajstić information content (AvgIpc) is 2.66. The highest BCUT2D eigenvalue weighted by molar-refractivity contribution is 5.98. The molecular formula is C14H14N2O. The molecule has 0 unspecified atom stereocenters. The number of carbonyl (C=O) groups is 1. The fourth-order valence-electron chi connectivity index (χ4n) is 2.03. The van der Waals surface area contributed by atoms with Crippen LogP contribution in [-0.2, 0) is 6.54 Å². The highest BCUT2D eigenvalue weighted by atomic mass is 16.1. The number of aldehydes is 1. The predicted molar refractivity (Wildman–Crippen MR) is 66.9 cm³/mol. The van der Waals surface area contributed by atoms with Crippen molar-refractivity contribution in [2.24, 2.45) is 5.92 Å². The third-order valence-corrected chi connectivity index (χ3v) is 2.73. The van der Waals surface area contributed by atoms with Crippen LogP contribution in [0.1, 0.15) is 29.8 Å². The van der Waals surface area contributed by atoms with E-state index in [4.69, 9.17) is 5.26 Å². The number of carbonyl (C=O) groups excluding carboxylic acids is 1. The molecule has 0 atom stereocenters. The van der Waals surface area contributed by atoms with E-state index in [1.807, 2.05) is 12.3 Å². The number of nitrogens with zero attached hydrogens (tertiary/aromatic N) is 2. The second-order valence-electron chi connectivity index (χ2n) is 4.59. The smallest absolute Gasteiger partial charge is 0.152 e. The van der Waals surface area contributed by atoms with E-state index in [9.17, 15) is 4.79 Å². The first-order valence-electron chi connectivity index (χ1n) is 5.64. The van der Waals surface area contributed by atoms with Crippen molar-refractivity contribution in [1.29, 1.82) is 5.26 Å². The lowest BCUT2D eigenvalue weighted by Crippen LogP contribution is -2.02. The highest BCUT2D eigenvalue weighted by Gasteiger charge is 2.09. The molecule has 0 radical (unpaired) electrons. The van der Waals surface area contributed by atoms with Crippen LogP contribution in [0, 0.1) is 17.2 Å². The zero-order valence-corrected chi connectivity index (χ0v) is 9.97. The van der Waals surface area contributed by atoms with Crippen molar-refractivity contribution in [3.63, 3.8) is 0 Å². The second kappa shape index (κ2) is 4.42. The van der Waals surface area contributed by atoms with Crippen LogP contribution in [0.2, 0.25) is 0 Å². The molecule has 0 fully saturated rings. The average molecular weight is 226 g/mol. The summed E-state index contributed by atoms with van der Waals surface area (Å²) in [6, 6.07) is 7.56. The molecule has 0 saturated carbocycles. The van der Waals surface area contributed by atoms with Crippen molar-refractivity contribution >= 4 is 17.2 Å². The van der Waals surface area contributed by atoms with Gasteiger partial charge in [0.1, 0.15) is 0 Å². The standard InChI is InChI=1S/C14H14N2O/c1-10(2)7-16-8-12(9-17)13-5-11(6-15)3-4-14(13)16/h3-5,8-10H,7H2,1-2H3. The first-order valence-corrected chi connectivity index (χ1v) is 5.64. The summed E-state index contributed by atoms with van der Waals surface area (Å²) in [6.07, 6.45) is 2.71. The molecule has 0 aliphatic heterocycles. The van der Waals surface area contributed by atoms with E-state index < -0.39 is 0 Å². The molecule has 0 saturated heterocycles. The summed E-state index contributed by atoms with van der Waals surface area (Å²) >= 11 is 0. The minimum atomic E-state index is 0.515. The van der Waals surface area contributed by atoms with E-state index in [1.54, 1.807) is 12.1 Å². The highest BCUT2D eigenvalue weighted by Crippen LogP contribution is 2.22. The van der Waals surface area contributed by atoms with E-state index in [-0.39, 0.29) is 0 Å². The molecule has 86 valence electrons. The van der Waals surface area contributed by atoms with E-state index >= 15 is 0 Å². The Hall–Kier alpha value is -2.08. The van der Waals surface area contributed by atoms with Crippen molar-refractivity contribution in [3.8, 4) is 6.07 Å². The fourth-order valence-corrected chi connectivity index (χ4v) is 2.03. The van der Waals surface area contributed by atoms with Gasteiger partial charge in [-0.3, -0.25) is 4.79 Å². The van der Waals surface area contributed by atoms with Crippen molar-refractivity contribution in [1.82, 2.24) is 4.57 Å². The van der Waals surface area contributed by atoms with Crippen LogP contribution in [0.4, 0.5) is 0 Å². The topological polar surface area (TPSA) is 45.8 Å². The van der Waals surface area contributed by atoms with Crippen LogP contribution in [0.5, 0.6) is 0 Å². The quantitative estimate of drug-likeness (QED) is 0.755. The van der Waals surface area contributed by atoms with Crippen LogP contribution < -0.4 is 0 Å². The van der Waals surface area contributed by atoms with Gasteiger partial charge in [-0.2, -0.15) is 5.26 Å². The van der Waals surface area contributed by atoms with E-state index in [0.29, 0.717) is 17.0 Å². The lowest BCUT2D eigenvalue weighted by atomic mass is 10.1. The summed E-state index contributed by atoms with van der Waals surface area (Å²) in [4.78, 5) is 11.0. The Kier molecular flexibility index (Phi) is 2.97. The fraction of sp³-hybridized carbons (Fsp3) is 0.286. The maximum absolute atomic E-state index is 11.0. The number of hydrogen-bond acceptors (Lipinski definition) is 2. The zero-order valence-electron chi connectivity index (χ0n) is 9.97. The molecule has 0 aliphatic carbocycles. The summed E-state index contributed by atoms with van der Waals surface area (Å²) in [6.45, 7) is 5.14. The van der Waals surface area contributed by atoms with Gasteiger partial charge in [0.25, 0.3) is 0 Å². The van der Waals surface area contributed by atoms with Gasteiger partial charge in [-0.25, -0.2) is 0 Å². The van der Waals surface area contributed by atoms with Gasteiger partial charge < -0.3 is 4.57 Å². The Morgan fingerprint density at radius 2 is 2.24 bits per heavy atom. The molecule has 1 aromatic heterocycles. The lowest BCUT2D eigenvalue weighted by molar-refractivity contribution is 0.112. The Morgan fingerprint density at radius 1 is 1.47 bits per heavy atom. The molecule has 2 aromatic rings. The number of benzene rings is 1. The third-order valence-electron chi connectivity index (χ3n) is 2.73. The first kappa shape index (κ1) is 11.4. The third kappa shape index (κ3) is 2.07. The van der Waals surface area contributed by atoms with Crippen molar-refractivity contribution < 1.29 is 4.79 Å². The molecule has 0 bridgehead atoms. The number of aromatic nitrogens is 1. The largest absolute Gasteiger partial charge is 0.346 e. The Morgan fingerprint density at radius 3 is 2.82 bits per heavy atom. The van der Waals surface area contributed by atoms with Crippen LogP contribution in [0.15, 0.2) is 24.4 Å². The predicted octanol–water partition coefficient (Wildman–Crippen LogP) is 2.98. The van der Waals surface area contributed by atoms with E-state index in [2.05, 4.69) is 24.5 Å². The van der Waals surface area contributed by atoms with Crippen LogP contribution in [-0.4, -0.2) is 10.9 Å². The SMILES string of the molecule is CC(C)Cn1cc(C=O)c2cc(C#N)ccc21. The number of nitriles is 1.